The third-order valence-electron chi connectivity index (χ3n) is 6.89. The Hall–Kier alpha value is -3.60. The van der Waals surface area contributed by atoms with Crippen LogP contribution in [0.1, 0.15) is 28.7 Å². The number of esters is 1. The lowest BCUT2D eigenvalue weighted by molar-refractivity contribution is -0.151. The zero-order valence-corrected chi connectivity index (χ0v) is 21.5. The third kappa shape index (κ3) is 3.78. The van der Waals surface area contributed by atoms with E-state index in [9.17, 15) is 14.9 Å². The summed E-state index contributed by atoms with van der Waals surface area (Å²) in [6.45, 7) is 0. The molecule has 3 aromatic rings. The van der Waals surface area contributed by atoms with Gasteiger partial charge in [-0.25, -0.2) is 0 Å². The monoisotopic (exact) mass is 561 g/mol. The maximum atomic E-state index is 13.9. The van der Waals surface area contributed by atoms with Gasteiger partial charge >= 0.3 is 5.97 Å². The van der Waals surface area contributed by atoms with Gasteiger partial charge in [0, 0.05) is 27.3 Å². The Labute approximate surface area is 222 Å². The number of halogens is 2. The topological polar surface area (TPSA) is 82.4 Å². The molecule has 36 heavy (non-hydrogen) atoms. The summed E-state index contributed by atoms with van der Waals surface area (Å²) in [5.74, 6) is -1.85. The average molecular weight is 563 g/mol. The smallest absolute Gasteiger partial charge is 0.329 e. The minimum absolute atomic E-state index is 0.347. The van der Waals surface area contributed by atoms with Crippen LogP contribution in [0, 0.1) is 16.7 Å². The lowest BCUT2D eigenvalue weighted by atomic mass is 9.67. The number of nitriles is 1. The second-order valence-corrected chi connectivity index (χ2v) is 10.1. The molecule has 2 heterocycles. The molecule has 6 nitrogen and oxygen atoms in total. The van der Waals surface area contributed by atoms with Crippen molar-refractivity contribution in [3.8, 4) is 6.07 Å². The van der Waals surface area contributed by atoms with Crippen molar-refractivity contribution in [3.05, 3.63) is 105 Å². The second kappa shape index (κ2) is 9.45. The summed E-state index contributed by atoms with van der Waals surface area (Å²) in [5.41, 5.74) is 1.23. The Kier molecular flexibility index (Phi) is 6.33. The number of ether oxygens (including phenoxy) is 1. The molecule has 0 bridgehead atoms. The van der Waals surface area contributed by atoms with Crippen molar-refractivity contribution < 1.29 is 14.3 Å². The maximum Gasteiger partial charge on any atom is 0.329 e. The summed E-state index contributed by atoms with van der Waals surface area (Å²) >= 11 is 9.47. The summed E-state index contributed by atoms with van der Waals surface area (Å²) in [6.07, 6.45) is 3.70. The summed E-state index contributed by atoms with van der Waals surface area (Å²) in [5, 5.41) is 14.2. The molecular weight excluding hydrogens is 542 g/mol. The molecule has 2 aliphatic rings. The van der Waals surface area contributed by atoms with E-state index in [-0.39, 0.29) is 5.91 Å². The van der Waals surface area contributed by atoms with Crippen molar-refractivity contribution >= 4 is 51.2 Å². The van der Waals surface area contributed by atoms with E-state index in [1.165, 1.54) is 7.11 Å². The van der Waals surface area contributed by atoms with Crippen LogP contribution in [0.2, 0.25) is 5.02 Å². The van der Waals surface area contributed by atoms with Crippen LogP contribution in [-0.2, 0) is 14.3 Å². The van der Waals surface area contributed by atoms with E-state index < -0.39 is 29.4 Å². The maximum absolute atomic E-state index is 13.9. The molecule has 8 heteroatoms. The lowest BCUT2D eigenvalue weighted by Crippen LogP contribution is -2.42. The van der Waals surface area contributed by atoms with Gasteiger partial charge in [0.25, 0.3) is 0 Å². The highest BCUT2D eigenvalue weighted by molar-refractivity contribution is 9.10. The van der Waals surface area contributed by atoms with Crippen LogP contribution >= 0.6 is 27.5 Å². The highest BCUT2D eigenvalue weighted by Crippen LogP contribution is 2.60. The fourth-order valence-corrected chi connectivity index (χ4v) is 5.78. The van der Waals surface area contributed by atoms with Crippen LogP contribution in [0.4, 0.5) is 5.69 Å². The molecule has 2 aliphatic heterocycles. The second-order valence-electron chi connectivity index (χ2n) is 8.74. The first kappa shape index (κ1) is 24.1. The molecule has 1 saturated heterocycles. The molecule has 3 aromatic carbocycles. The van der Waals surface area contributed by atoms with E-state index in [4.69, 9.17) is 16.3 Å². The van der Waals surface area contributed by atoms with Crippen molar-refractivity contribution in [2.45, 2.75) is 18.0 Å². The number of hydrogen-bond acceptors (Lipinski definition) is 5. The molecule has 0 saturated carbocycles. The zero-order chi connectivity index (χ0) is 25.4. The normalized spacial score (nSPS) is 23.8. The summed E-state index contributed by atoms with van der Waals surface area (Å²) in [4.78, 5) is 29.4. The molecule has 0 aromatic heterocycles. The molecule has 180 valence electrons. The predicted molar refractivity (Wildman–Crippen MR) is 141 cm³/mol. The molecule has 4 atom stereocenters. The number of carbonyl (C=O) groups excluding carboxylic acids is 2. The molecule has 0 radical (unpaired) electrons. The van der Waals surface area contributed by atoms with Gasteiger partial charge in [-0.1, -0.05) is 63.9 Å². The van der Waals surface area contributed by atoms with E-state index >= 15 is 0 Å². The first-order valence-electron chi connectivity index (χ1n) is 11.3. The van der Waals surface area contributed by atoms with Crippen LogP contribution in [0.25, 0.3) is 6.08 Å². The van der Waals surface area contributed by atoms with Gasteiger partial charge in [0.2, 0.25) is 5.91 Å². The number of nitrogens with one attached hydrogen (secondary N) is 1. The fraction of sp³-hybridized carbons (Fsp3) is 0.179. The van der Waals surface area contributed by atoms with Gasteiger partial charge in [-0.3, -0.25) is 9.59 Å². The quantitative estimate of drug-likeness (QED) is 0.399. The summed E-state index contributed by atoms with van der Waals surface area (Å²) in [6, 6.07) is 22.4. The largest absolute Gasteiger partial charge is 0.468 e. The van der Waals surface area contributed by atoms with Crippen molar-refractivity contribution in [1.29, 1.82) is 5.26 Å². The van der Waals surface area contributed by atoms with Gasteiger partial charge in [0.15, 0.2) is 5.41 Å². The van der Waals surface area contributed by atoms with Crippen molar-refractivity contribution in [2.24, 2.45) is 5.41 Å². The van der Waals surface area contributed by atoms with Crippen LogP contribution in [0.3, 0.4) is 0 Å². The van der Waals surface area contributed by atoms with Crippen molar-refractivity contribution in [3.63, 3.8) is 0 Å². The van der Waals surface area contributed by atoms with Crippen LogP contribution < -0.4 is 5.32 Å². The van der Waals surface area contributed by atoms with Gasteiger partial charge in [-0.2, -0.15) is 5.26 Å². The Morgan fingerprint density at radius 1 is 1.08 bits per heavy atom. The van der Waals surface area contributed by atoms with Crippen molar-refractivity contribution in [2.75, 3.05) is 12.4 Å². The zero-order valence-electron chi connectivity index (χ0n) is 19.2. The van der Waals surface area contributed by atoms with Gasteiger partial charge in [-0.15, -0.1) is 0 Å². The number of benzene rings is 3. The molecule has 1 amide bonds. The lowest BCUT2D eigenvalue weighted by Gasteiger charge is -2.35. The fourth-order valence-electron chi connectivity index (χ4n) is 5.38. The molecule has 1 fully saturated rings. The number of nitrogens with zero attached hydrogens (tertiary/aromatic N) is 2. The molecule has 5 rings (SSSR count). The van der Waals surface area contributed by atoms with Crippen molar-refractivity contribution in [1.82, 2.24) is 4.90 Å². The summed E-state index contributed by atoms with van der Waals surface area (Å²) in [7, 11) is 1.27. The van der Waals surface area contributed by atoms with E-state index in [0.717, 1.165) is 15.6 Å². The highest BCUT2D eigenvalue weighted by Gasteiger charge is 2.67. The highest BCUT2D eigenvalue weighted by atomic mass is 79.9. The van der Waals surface area contributed by atoms with E-state index in [0.29, 0.717) is 16.3 Å². The van der Waals surface area contributed by atoms with Gasteiger partial charge in [0.1, 0.15) is 6.04 Å². The number of fused-ring (bicyclic) bond motifs is 3. The Bertz CT molecular complexity index is 1400. The Morgan fingerprint density at radius 2 is 1.78 bits per heavy atom. The standard InChI is InChI=1S/C28H21BrClN3O3/c1-36-27(35)28(16-31)23(18-6-8-19(29)9-7-18)24(26(34)32-21-12-10-20(30)11-13-21)33-15-14-17-4-2-3-5-22(17)25(28)33/h2-15,23-25H,1H3,(H,32,34)/t23-,24+,25+,28-/m1/s1. The SMILES string of the molecule is COC(=O)[C@]1(C#N)[C@H](c2ccc(Br)cc2)[C@@H](C(=O)Nc2ccc(Cl)cc2)N2C=Cc3ccccc3[C@H]21. The number of rotatable bonds is 4. The minimum Gasteiger partial charge on any atom is -0.468 e. The molecule has 1 N–H and O–H groups in total. The van der Waals surface area contributed by atoms with Crippen LogP contribution in [-0.4, -0.2) is 29.9 Å². The first-order chi connectivity index (χ1) is 17.4. The molecule has 0 aliphatic carbocycles. The average Bonchev–Trinajstić information content (AvgIpc) is 3.22. The first-order valence-corrected chi connectivity index (χ1v) is 12.4. The van der Waals surface area contributed by atoms with Gasteiger partial charge in [-0.05, 0) is 59.2 Å². The van der Waals surface area contributed by atoms with E-state index in [1.807, 2.05) is 59.5 Å². The number of amides is 1. The molecule has 0 unspecified atom stereocenters. The van der Waals surface area contributed by atoms with Crippen LogP contribution in [0.5, 0.6) is 0 Å². The Balaban J connectivity index is 1.72. The predicted octanol–water partition coefficient (Wildman–Crippen LogP) is 5.92. The number of anilines is 1. The number of carbonyl (C=O) groups is 2. The van der Waals surface area contributed by atoms with Crippen LogP contribution in [0.15, 0.2) is 83.5 Å². The van der Waals surface area contributed by atoms with Gasteiger partial charge < -0.3 is 15.0 Å². The third-order valence-corrected chi connectivity index (χ3v) is 7.67. The molecule has 0 spiro atoms. The van der Waals surface area contributed by atoms with Gasteiger partial charge in [0.05, 0.1) is 19.2 Å². The number of methoxy groups -OCH3 is 1. The van der Waals surface area contributed by atoms with E-state index in [1.54, 1.807) is 30.5 Å². The number of hydrogen-bond donors (Lipinski definition) is 1. The van der Waals surface area contributed by atoms with E-state index in [2.05, 4.69) is 27.3 Å². The summed E-state index contributed by atoms with van der Waals surface area (Å²) < 4.78 is 6.10. The Morgan fingerprint density at radius 3 is 2.44 bits per heavy atom. The minimum atomic E-state index is -1.69. The molecular formula is C28H21BrClN3O3.